The average molecular weight is 546 g/mol. The third-order valence-corrected chi connectivity index (χ3v) is 5.48. The topological polar surface area (TPSA) is 20.2 Å². The number of hydrogen-bond donors (Lipinski definition) is 1. The summed E-state index contributed by atoms with van der Waals surface area (Å²) in [6.07, 6.45) is 2.51. The fourth-order valence-electron chi connectivity index (χ4n) is 2.06. The second kappa shape index (κ2) is 7.68. The van der Waals surface area contributed by atoms with Gasteiger partial charge in [-0.3, -0.25) is 0 Å². The molecule has 0 unspecified atom stereocenters. The van der Waals surface area contributed by atoms with Gasteiger partial charge < -0.3 is 5.11 Å². The van der Waals surface area contributed by atoms with Crippen LogP contribution < -0.4 is 0 Å². The van der Waals surface area contributed by atoms with Gasteiger partial charge in [0.05, 0.1) is 14.5 Å². The number of rotatable bonds is 1. The molecule has 0 saturated heterocycles. The van der Waals surface area contributed by atoms with E-state index in [2.05, 4.69) is 54.5 Å². The minimum Gasteiger partial charge on any atom is -0.385 e. The molecule has 1 N–H and O–H groups in total. The molecule has 0 amide bonds. The van der Waals surface area contributed by atoms with E-state index in [0.717, 1.165) is 22.8 Å². The Morgan fingerprint density at radius 3 is 1.91 bits per heavy atom. The SMILES string of the molecule is Fc1cc(I)ccc1Br.OC1(c2ccc(Br)c(F)c2)CCC1. The quantitative estimate of drug-likeness (QED) is 0.336. The Balaban J connectivity index is 0.000000172. The molecule has 0 heterocycles. The fraction of sp³-hybridized carbons (Fsp3) is 0.250. The van der Waals surface area contributed by atoms with Crippen LogP contribution >= 0.6 is 54.5 Å². The molecule has 3 rings (SSSR count). The van der Waals surface area contributed by atoms with Crippen LogP contribution in [0.5, 0.6) is 0 Å². The van der Waals surface area contributed by atoms with Crippen LogP contribution in [-0.2, 0) is 5.60 Å². The van der Waals surface area contributed by atoms with Crippen LogP contribution in [0.15, 0.2) is 45.3 Å². The summed E-state index contributed by atoms with van der Waals surface area (Å²) < 4.78 is 27.5. The van der Waals surface area contributed by atoms with Gasteiger partial charge in [0.2, 0.25) is 0 Å². The summed E-state index contributed by atoms with van der Waals surface area (Å²) in [5.74, 6) is -0.514. The van der Waals surface area contributed by atoms with E-state index >= 15 is 0 Å². The van der Waals surface area contributed by atoms with Crippen molar-refractivity contribution in [1.29, 1.82) is 0 Å². The molecule has 6 heteroatoms. The van der Waals surface area contributed by atoms with Crippen molar-refractivity contribution in [3.05, 3.63) is 66.1 Å². The van der Waals surface area contributed by atoms with Gasteiger partial charge in [0.1, 0.15) is 11.6 Å². The van der Waals surface area contributed by atoms with E-state index in [1.54, 1.807) is 18.2 Å². The molecule has 1 nitrogen and oxygen atoms in total. The first-order chi connectivity index (χ1) is 10.3. The molecule has 1 aliphatic carbocycles. The Labute approximate surface area is 158 Å². The summed E-state index contributed by atoms with van der Waals surface area (Å²) in [4.78, 5) is 0. The Kier molecular flexibility index (Phi) is 6.39. The number of halogens is 5. The summed E-state index contributed by atoms with van der Waals surface area (Å²) >= 11 is 8.19. The van der Waals surface area contributed by atoms with Gasteiger partial charge in [-0.15, -0.1) is 0 Å². The maximum Gasteiger partial charge on any atom is 0.138 e. The van der Waals surface area contributed by atoms with Crippen molar-refractivity contribution in [2.45, 2.75) is 24.9 Å². The van der Waals surface area contributed by atoms with Crippen LogP contribution in [0.3, 0.4) is 0 Å². The van der Waals surface area contributed by atoms with Gasteiger partial charge in [-0.05, 0) is 110 Å². The van der Waals surface area contributed by atoms with Crippen molar-refractivity contribution in [3.8, 4) is 0 Å². The van der Waals surface area contributed by atoms with Crippen molar-refractivity contribution >= 4 is 54.5 Å². The van der Waals surface area contributed by atoms with Crippen molar-refractivity contribution in [3.63, 3.8) is 0 Å². The Morgan fingerprint density at radius 1 is 0.955 bits per heavy atom. The maximum absolute atomic E-state index is 13.1. The molecule has 0 atom stereocenters. The van der Waals surface area contributed by atoms with Crippen molar-refractivity contribution in [1.82, 2.24) is 0 Å². The highest BCUT2D eigenvalue weighted by Crippen LogP contribution is 2.41. The Hall–Kier alpha value is -0.0500. The Morgan fingerprint density at radius 2 is 1.50 bits per heavy atom. The van der Waals surface area contributed by atoms with E-state index in [9.17, 15) is 13.9 Å². The molecule has 1 aliphatic rings. The average Bonchev–Trinajstić information content (AvgIpc) is 2.44. The number of hydrogen-bond acceptors (Lipinski definition) is 1. The van der Waals surface area contributed by atoms with E-state index in [1.807, 2.05) is 6.07 Å². The zero-order chi connectivity index (χ0) is 16.3. The van der Waals surface area contributed by atoms with Crippen molar-refractivity contribution in [2.75, 3.05) is 0 Å². The van der Waals surface area contributed by atoms with E-state index in [-0.39, 0.29) is 11.6 Å². The molecular weight excluding hydrogens is 533 g/mol. The van der Waals surface area contributed by atoms with E-state index < -0.39 is 5.60 Å². The molecule has 1 fully saturated rings. The maximum atomic E-state index is 13.1. The molecule has 2 aromatic rings. The summed E-state index contributed by atoms with van der Waals surface area (Å²) in [6, 6.07) is 9.83. The predicted molar refractivity (Wildman–Crippen MR) is 98.7 cm³/mol. The minimum atomic E-state index is -0.762. The molecule has 118 valence electrons. The molecule has 22 heavy (non-hydrogen) atoms. The number of aliphatic hydroxyl groups is 1. The van der Waals surface area contributed by atoms with Gasteiger partial charge in [0.25, 0.3) is 0 Å². The first kappa shape index (κ1) is 18.3. The molecule has 1 saturated carbocycles. The second-order valence-electron chi connectivity index (χ2n) is 5.07. The van der Waals surface area contributed by atoms with E-state index in [0.29, 0.717) is 14.5 Å². The first-order valence-corrected chi connectivity index (χ1v) is 9.27. The van der Waals surface area contributed by atoms with Gasteiger partial charge in [0.15, 0.2) is 0 Å². The lowest BCUT2D eigenvalue weighted by atomic mass is 9.75. The van der Waals surface area contributed by atoms with E-state index in [4.69, 9.17) is 0 Å². The smallest absolute Gasteiger partial charge is 0.138 e. The van der Waals surface area contributed by atoms with Gasteiger partial charge >= 0.3 is 0 Å². The zero-order valence-corrected chi connectivity index (χ0v) is 16.8. The van der Waals surface area contributed by atoms with Crippen molar-refractivity contribution < 1.29 is 13.9 Å². The van der Waals surface area contributed by atoms with Crippen molar-refractivity contribution in [2.24, 2.45) is 0 Å². The lowest BCUT2D eigenvalue weighted by molar-refractivity contribution is -0.0390. The summed E-state index contributed by atoms with van der Waals surface area (Å²) in [7, 11) is 0. The monoisotopic (exact) mass is 544 g/mol. The highest BCUT2D eigenvalue weighted by Gasteiger charge is 2.36. The second-order valence-corrected chi connectivity index (χ2v) is 8.03. The van der Waals surface area contributed by atoms with Gasteiger partial charge in [-0.2, -0.15) is 0 Å². The largest absolute Gasteiger partial charge is 0.385 e. The van der Waals surface area contributed by atoms with Crippen LogP contribution in [-0.4, -0.2) is 5.11 Å². The fourth-order valence-corrected chi connectivity index (χ4v) is 3.00. The lowest BCUT2D eigenvalue weighted by Crippen LogP contribution is -2.33. The third kappa shape index (κ3) is 4.49. The molecule has 0 aliphatic heterocycles. The first-order valence-electron chi connectivity index (χ1n) is 6.60. The molecule has 0 bridgehead atoms. The summed E-state index contributed by atoms with van der Waals surface area (Å²) in [6.45, 7) is 0. The van der Waals surface area contributed by atoms with Crippen LogP contribution in [0.2, 0.25) is 0 Å². The Bertz CT molecular complexity index is 675. The molecule has 0 aromatic heterocycles. The van der Waals surface area contributed by atoms with Crippen LogP contribution in [0.1, 0.15) is 24.8 Å². The third-order valence-electron chi connectivity index (χ3n) is 3.52. The van der Waals surface area contributed by atoms with Gasteiger partial charge in [-0.25, -0.2) is 8.78 Å². The summed E-state index contributed by atoms with van der Waals surface area (Å²) in [5, 5.41) is 9.91. The van der Waals surface area contributed by atoms with E-state index in [1.165, 1.54) is 12.1 Å². The minimum absolute atomic E-state index is 0.207. The highest BCUT2D eigenvalue weighted by atomic mass is 127. The van der Waals surface area contributed by atoms with Crippen LogP contribution in [0.4, 0.5) is 8.78 Å². The highest BCUT2D eigenvalue weighted by molar-refractivity contribution is 14.1. The molecule has 0 radical (unpaired) electrons. The normalized spacial score (nSPS) is 15.5. The molecule has 0 spiro atoms. The summed E-state index contributed by atoms with van der Waals surface area (Å²) in [5.41, 5.74) is -0.0684. The van der Waals surface area contributed by atoms with Gasteiger partial charge in [-0.1, -0.05) is 6.07 Å². The number of benzene rings is 2. The van der Waals surface area contributed by atoms with Gasteiger partial charge in [0, 0.05) is 3.57 Å². The zero-order valence-electron chi connectivity index (χ0n) is 11.4. The van der Waals surface area contributed by atoms with Crippen LogP contribution in [0.25, 0.3) is 0 Å². The standard InChI is InChI=1S/C10H10BrFO.C6H3BrFI/c11-8-3-2-7(6-9(8)12)10(13)4-1-5-10;7-5-2-1-4(9)3-6(5)8/h2-3,6,13H,1,4-5H2;1-3H. The lowest BCUT2D eigenvalue weighted by Gasteiger charge is -2.37. The molecular formula is C16H13Br2F2IO. The van der Waals surface area contributed by atoms with Crippen LogP contribution in [0, 0.1) is 15.2 Å². The predicted octanol–water partition coefficient (Wildman–Crippen LogP) is 6.15. The molecule has 2 aromatic carbocycles.